The van der Waals surface area contributed by atoms with Crippen molar-refractivity contribution in [3.8, 4) is 0 Å². The van der Waals surface area contributed by atoms with E-state index in [-0.39, 0.29) is 5.91 Å². The van der Waals surface area contributed by atoms with Crippen LogP contribution in [0, 0.1) is 5.92 Å². The zero-order chi connectivity index (χ0) is 15.9. The van der Waals surface area contributed by atoms with E-state index in [4.69, 9.17) is 12.2 Å². The molecule has 1 saturated carbocycles. The Balaban J connectivity index is 1.78. The third-order valence-electron chi connectivity index (χ3n) is 4.34. The first-order chi connectivity index (χ1) is 10.6. The maximum absolute atomic E-state index is 12.0. The molecule has 5 heteroatoms. The van der Waals surface area contributed by atoms with Crippen molar-refractivity contribution in [3.63, 3.8) is 0 Å². The van der Waals surface area contributed by atoms with E-state index >= 15 is 0 Å². The van der Waals surface area contributed by atoms with Crippen LogP contribution in [0.5, 0.6) is 0 Å². The second-order valence-corrected chi connectivity index (χ2v) is 6.38. The predicted molar refractivity (Wildman–Crippen MR) is 93.6 cm³/mol. The molecule has 4 nitrogen and oxygen atoms in total. The highest BCUT2D eigenvalue weighted by atomic mass is 32.1. The molecule has 120 valence electrons. The number of carbonyl (C=O) groups is 1. The van der Waals surface area contributed by atoms with Crippen LogP contribution in [0.4, 0.5) is 0 Å². The largest absolute Gasteiger partial charge is 0.358 e. The van der Waals surface area contributed by atoms with E-state index in [9.17, 15) is 4.79 Å². The van der Waals surface area contributed by atoms with Gasteiger partial charge in [0, 0.05) is 11.6 Å². The summed E-state index contributed by atoms with van der Waals surface area (Å²) >= 11 is 5.26. The van der Waals surface area contributed by atoms with Crippen molar-refractivity contribution >= 4 is 23.2 Å². The normalized spacial score (nSPS) is 21.0. The van der Waals surface area contributed by atoms with Gasteiger partial charge < -0.3 is 5.32 Å². The van der Waals surface area contributed by atoms with E-state index in [0.717, 1.165) is 12.8 Å². The Morgan fingerprint density at radius 3 is 2.50 bits per heavy atom. The first kappa shape index (κ1) is 16.7. The second kappa shape index (κ2) is 8.13. The monoisotopic (exact) mass is 319 g/mol. The molecule has 0 unspecified atom stereocenters. The minimum atomic E-state index is -0.177. The molecule has 22 heavy (non-hydrogen) atoms. The van der Waals surface area contributed by atoms with Crippen LogP contribution in [0.3, 0.4) is 0 Å². The van der Waals surface area contributed by atoms with Gasteiger partial charge in [0.25, 0.3) is 5.91 Å². The summed E-state index contributed by atoms with van der Waals surface area (Å²) in [5, 5.41) is 3.78. The SMILES string of the molecule is CCc1ccc(C(=O)NNC(=S)N[C@@H]2CCCC[C@@H]2C)cc1. The van der Waals surface area contributed by atoms with Gasteiger partial charge in [-0.1, -0.05) is 38.8 Å². The van der Waals surface area contributed by atoms with Crippen molar-refractivity contribution in [2.75, 3.05) is 0 Å². The van der Waals surface area contributed by atoms with Gasteiger partial charge in [-0.2, -0.15) is 0 Å². The number of hydrogen-bond acceptors (Lipinski definition) is 2. The van der Waals surface area contributed by atoms with Crippen molar-refractivity contribution in [2.24, 2.45) is 5.92 Å². The fourth-order valence-electron chi connectivity index (χ4n) is 2.81. The van der Waals surface area contributed by atoms with Gasteiger partial charge >= 0.3 is 0 Å². The molecule has 1 aliphatic rings. The van der Waals surface area contributed by atoms with Gasteiger partial charge in [0.2, 0.25) is 0 Å². The molecule has 0 aliphatic heterocycles. The molecule has 1 aromatic rings. The Morgan fingerprint density at radius 2 is 1.86 bits per heavy atom. The zero-order valence-electron chi connectivity index (χ0n) is 13.3. The number of hydrazine groups is 1. The van der Waals surface area contributed by atoms with Crippen LogP contribution in [-0.4, -0.2) is 17.1 Å². The Labute approximate surface area is 138 Å². The minimum Gasteiger partial charge on any atom is -0.358 e. The van der Waals surface area contributed by atoms with E-state index in [2.05, 4.69) is 30.0 Å². The van der Waals surface area contributed by atoms with Crippen molar-refractivity contribution in [1.29, 1.82) is 0 Å². The number of carbonyl (C=O) groups excluding carboxylic acids is 1. The topological polar surface area (TPSA) is 53.2 Å². The minimum absolute atomic E-state index is 0.177. The molecule has 1 fully saturated rings. The lowest BCUT2D eigenvalue weighted by Gasteiger charge is -2.30. The van der Waals surface area contributed by atoms with Crippen LogP contribution in [0.25, 0.3) is 0 Å². The van der Waals surface area contributed by atoms with Crippen LogP contribution >= 0.6 is 12.2 Å². The summed E-state index contributed by atoms with van der Waals surface area (Å²) in [5.74, 6) is 0.439. The Hall–Kier alpha value is -1.62. The first-order valence-electron chi connectivity index (χ1n) is 8.06. The van der Waals surface area contributed by atoms with Crippen LogP contribution in [0.1, 0.15) is 55.5 Å². The molecular formula is C17H25N3OS. The molecular weight excluding hydrogens is 294 g/mol. The molecule has 0 saturated heterocycles. The van der Waals surface area contributed by atoms with Crippen LogP contribution < -0.4 is 16.2 Å². The van der Waals surface area contributed by atoms with Crippen molar-refractivity contribution in [2.45, 2.75) is 52.0 Å². The summed E-state index contributed by atoms with van der Waals surface area (Å²) in [4.78, 5) is 12.0. The molecule has 0 heterocycles. The summed E-state index contributed by atoms with van der Waals surface area (Å²) in [7, 11) is 0. The number of nitrogens with one attached hydrogen (secondary N) is 3. The fourth-order valence-corrected chi connectivity index (χ4v) is 3.02. The Kier molecular flexibility index (Phi) is 6.19. The van der Waals surface area contributed by atoms with E-state index in [1.54, 1.807) is 0 Å². The maximum Gasteiger partial charge on any atom is 0.269 e. The third kappa shape index (κ3) is 4.70. The fraction of sp³-hybridized carbons (Fsp3) is 0.529. The van der Waals surface area contributed by atoms with E-state index in [0.29, 0.717) is 22.6 Å². The van der Waals surface area contributed by atoms with E-state index in [1.165, 1.54) is 24.8 Å². The van der Waals surface area contributed by atoms with Gasteiger partial charge in [-0.3, -0.25) is 15.6 Å². The molecule has 2 rings (SSSR count). The standard InChI is InChI=1S/C17H25N3OS/c1-3-13-8-10-14(11-9-13)16(21)19-20-17(22)18-15-7-5-4-6-12(15)2/h8-12,15H,3-7H2,1-2H3,(H,19,21)(H2,18,20,22)/t12-,15+/m0/s1. The highest BCUT2D eigenvalue weighted by molar-refractivity contribution is 7.80. The van der Waals surface area contributed by atoms with Gasteiger partial charge in [0.1, 0.15) is 0 Å². The highest BCUT2D eigenvalue weighted by Gasteiger charge is 2.21. The summed E-state index contributed by atoms with van der Waals surface area (Å²) in [6.45, 7) is 4.33. The van der Waals surface area contributed by atoms with Crippen LogP contribution in [0.2, 0.25) is 0 Å². The lowest BCUT2D eigenvalue weighted by molar-refractivity contribution is 0.0943. The maximum atomic E-state index is 12.0. The number of amides is 1. The molecule has 0 bridgehead atoms. The Bertz CT molecular complexity index is 515. The molecule has 2 atom stereocenters. The smallest absolute Gasteiger partial charge is 0.269 e. The number of rotatable bonds is 3. The summed E-state index contributed by atoms with van der Waals surface area (Å²) in [6, 6.07) is 7.99. The number of thiocarbonyl (C=S) groups is 1. The lowest BCUT2D eigenvalue weighted by atomic mass is 9.86. The Morgan fingerprint density at radius 1 is 1.18 bits per heavy atom. The quantitative estimate of drug-likeness (QED) is 0.592. The highest BCUT2D eigenvalue weighted by Crippen LogP contribution is 2.23. The van der Waals surface area contributed by atoms with Crippen molar-refractivity contribution < 1.29 is 4.79 Å². The molecule has 1 aliphatic carbocycles. The third-order valence-corrected chi connectivity index (χ3v) is 4.56. The molecule has 1 amide bonds. The van der Waals surface area contributed by atoms with Gasteiger partial charge in [0.05, 0.1) is 0 Å². The first-order valence-corrected chi connectivity index (χ1v) is 8.46. The van der Waals surface area contributed by atoms with Gasteiger partial charge in [-0.15, -0.1) is 0 Å². The van der Waals surface area contributed by atoms with E-state index < -0.39 is 0 Å². The van der Waals surface area contributed by atoms with Crippen LogP contribution in [0.15, 0.2) is 24.3 Å². The number of benzene rings is 1. The molecule has 0 spiro atoms. The van der Waals surface area contributed by atoms with E-state index in [1.807, 2.05) is 24.3 Å². The zero-order valence-corrected chi connectivity index (χ0v) is 14.1. The van der Waals surface area contributed by atoms with Crippen molar-refractivity contribution in [1.82, 2.24) is 16.2 Å². The lowest BCUT2D eigenvalue weighted by Crippen LogP contribution is -2.51. The average Bonchev–Trinajstić information content (AvgIpc) is 2.55. The average molecular weight is 319 g/mol. The summed E-state index contributed by atoms with van der Waals surface area (Å²) < 4.78 is 0. The number of hydrogen-bond donors (Lipinski definition) is 3. The van der Waals surface area contributed by atoms with Crippen LogP contribution in [-0.2, 0) is 6.42 Å². The molecule has 1 aromatic carbocycles. The predicted octanol–water partition coefficient (Wildman–Crippen LogP) is 2.94. The molecule has 0 radical (unpaired) electrons. The summed E-state index contributed by atoms with van der Waals surface area (Å²) in [5.41, 5.74) is 7.29. The molecule has 0 aromatic heterocycles. The van der Waals surface area contributed by atoms with Gasteiger partial charge in [-0.05, 0) is 55.1 Å². The number of aryl methyl sites for hydroxylation is 1. The van der Waals surface area contributed by atoms with Gasteiger partial charge in [-0.25, -0.2) is 0 Å². The summed E-state index contributed by atoms with van der Waals surface area (Å²) in [6.07, 6.45) is 5.87. The molecule has 3 N–H and O–H groups in total. The van der Waals surface area contributed by atoms with Gasteiger partial charge in [0.15, 0.2) is 5.11 Å². The second-order valence-electron chi connectivity index (χ2n) is 5.97. The van der Waals surface area contributed by atoms with Crippen molar-refractivity contribution in [3.05, 3.63) is 35.4 Å².